The third kappa shape index (κ3) is 5.73. The van der Waals surface area contributed by atoms with Gasteiger partial charge in [0.15, 0.2) is 0 Å². The van der Waals surface area contributed by atoms with Gasteiger partial charge in [0.25, 0.3) is 0 Å². The van der Waals surface area contributed by atoms with Crippen LogP contribution in [-0.2, 0) is 17.5 Å². The first-order chi connectivity index (χ1) is 13.8. The Kier molecular flexibility index (Phi) is 6.79. The number of amides is 1. The Balaban J connectivity index is 1.73. The number of likely N-dealkylation sites (N-methyl/N-ethyl adjacent to an activating group) is 1. The fraction of sp³-hybridized carbons (Fsp3) is 0.409. The lowest BCUT2D eigenvalue weighted by Crippen LogP contribution is -2.38. The molecular weight excluding hydrogens is 381 g/mol. The molecule has 1 aliphatic rings. The monoisotopic (exact) mass is 406 g/mol. The number of rotatable bonds is 6. The highest BCUT2D eigenvalue weighted by molar-refractivity contribution is 5.68. The number of hydrogen-bond acceptors (Lipinski definition) is 3. The van der Waals surface area contributed by atoms with Crippen molar-refractivity contribution in [2.24, 2.45) is 0 Å². The van der Waals surface area contributed by atoms with E-state index in [0.717, 1.165) is 43.6 Å². The van der Waals surface area contributed by atoms with Crippen molar-refractivity contribution in [1.82, 2.24) is 9.80 Å². The molecule has 1 amide bonds. The zero-order chi connectivity index (χ0) is 20.9. The van der Waals surface area contributed by atoms with Crippen molar-refractivity contribution in [2.45, 2.75) is 31.7 Å². The minimum atomic E-state index is -4.39. The molecule has 0 aliphatic carbocycles. The molecule has 3 rings (SSSR count). The molecule has 7 heteroatoms. The van der Waals surface area contributed by atoms with E-state index in [0.29, 0.717) is 12.1 Å². The second-order valence-corrected chi connectivity index (χ2v) is 7.29. The number of benzene rings is 2. The molecule has 0 N–H and O–H groups in total. The van der Waals surface area contributed by atoms with E-state index in [1.807, 2.05) is 30.3 Å². The molecule has 1 aliphatic heterocycles. The van der Waals surface area contributed by atoms with Crippen molar-refractivity contribution in [1.29, 1.82) is 0 Å². The molecule has 1 heterocycles. The van der Waals surface area contributed by atoms with Crippen LogP contribution in [0.1, 0.15) is 35.6 Å². The lowest BCUT2D eigenvalue weighted by molar-refractivity contribution is -0.137. The van der Waals surface area contributed by atoms with Crippen molar-refractivity contribution in [2.75, 3.05) is 26.7 Å². The standard InChI is InChI=1S/C22H25F3N2O2/c1-26(21(28)29-16-17-7-3-2-4-8-17)20(15-27-13-5-6-14-27)18-9-11-19(12-10-18)22(23,24)25/h2-4,7-12,20H,5-6,13-16H2,1H3/t20-/m0/s1. The number of halogens is 3. The topological polar surface area (TPSA) is 32.8 Å². The van der Waals surface area contributed by atoms with Crippen LogP contribution in [0, 0.1) is 0 Å². The van der Waals surface area contributed by atoms with E-state index in [1.54, 1.807) is 7.05 Å². The number of carbonyl (C=O) groups excluding carboxylic acids is 1. The Labute approximate surface area is 168 Å². The number of likely N-dealkylation sites (tertiary alicyclic amines) is 1. The molecule has 0 spiro atoms. The summed E-state index contributed by atoms with van der Waals surface area (Å²) in [5, 5.41) is 0. The molecule has 0 radical (unpaired) electrons. The molecule has 0 unspecified atom stereocenters. The van der Waals surface area contributed by atoms with Crippen LogP contribution < -0.4 is 0 Å². The van der Waals surface area contributed by atoms with Gasteiger partial charge in [-0.3, -0.25) is 0 Å². The Morgan fingerprint density at radius 3 is 2.28 bits per heavy atom. The van der Waals surface area contributed by atoms with Gasteiger partial charge in [-0.05, 0) is 49.2 Å². The summed E-state index contributed by atoms with van der Waals surface area (Å²) in [5.41, 5.74) is 0.833. The van der Waals surface area contributed by atoms with Gasteiger partial charge in [0, 0.05) is 13.6 Å². The predicted molar refractivity (Wildman–Crippen MR) is 104 cm³/mol. The Morgan fingerprint density at radius 1 is 1.07 bits per heavy atom. The number of carbonyl (C=O) groups is 1. The quantitative estimate of drug-likeness (QED) is 0.668. The molecule has 4 nitrogen and oxygen atoms in total. The molecule has 0 saturated carbocycles. The van der Waals surface area contributed by atoms with Crippen LogP contribution in [-0.4, -0.2) is 42.6 Å². The molecule has 0 aromatic heterocycles. The molecule has 29 heavy (non-hydrogen) atoms. The van der Waals surface area contributed by atoms with Crippen molar-refractivity contribution in [3.8, 4) is 0 Å². The molecule has 156 valence electrons. The van der Waals surface area contributed by atoms with Crippen LogP contribution in [0.5, 0.6) is 0 Å². The summed E-state index contributed by atoms with van der Waals surface area (Å²) in [6.07, 6.45) is -2.72. The SMILES string of the molecule is CN(C(=O)OCc1ccccc1)[C@@H](CN1CCCC1)c1ccc(C(F)(F)F)cc1. The fourth-order valence-electron chi connectivity index (χ4n) is 3.50. The Hall–Kier alpha value is -2.54. The van der Waals surface area contributed by atoms with Crippen molar-refractivity contribution in [3.05, 3.63) is 71.3 Å². The number of hydrogen-bond donors (Lipinski definition) is 0. The Morgan fingerprint density at radius 2 is 1.69 bits per heavy atom. The van der Waals surface area contributed by atoms with E-state index in [1.165, 1.54) is 17.0 Å². The van der Waals surface area contributed by atoms with E-state index in [2.05, 4.69) is 4.90 Å². The predicted octanol–water partition coefficient (Wildman–Crippen LogP) is 5.11. The van der Waals surface area contributed by atoms with Gasteiger partial charge in [0.1, 0.15) is 6.61 Å². The van der Waals surface area contributed by atoms with Gasteiger partial charge in [-0.25, -0.2) is 4.79 Å². The molecule has 1 saturated heterocycles. The first kappa shape index (κ1) is 21.2. The van der Waals surface area contributed by atoms with Gasteiger partial charge in [-0.15, -0.1) is 0 Å². The van der Waals surface area contributed by atoms with Gasteiger partial charge in [-0.2, -0.15) is 13.2 Å². The first-order valence-electron chi connectivity index (χ1n) is 9.67. The van der Waals surface area contributed by atoms with E-state index < -0.39 is 23.9 Å². The minimum absolute atomic E-state index is 0.146. The maximum absolute atomic E-state index is 12.9. The molecule has 2 aromatic rings. The maximum Gasteiger partial charge on any atom is 0.416 e. The highest BCUT2D eigenvalue weighted by Gasteiger charge is 2.31. The lowest BCUT2D eigenvalue weighted by Gasteiger charge is -2.31. The zero-order valence-corrected chi connectivity index (χ0v) is 16.4. The third-order valence-electron chi connectivity index (χ3n) is 5.21. The van der Waals surface area contributed by atoms with Crippen LogP contribution in [0.15, 0.2) is 54.6 Å². The second kappa shape index (κ2) is 9.31. The van der Waals surface area contributed by atoms with Crippen LogP contribution in [0.3, 0.4) is 0 Å². The van der Waals surface area contributed by atoms with Gasteiger partial charge in [0.2, 0.25) is 0 Å². The molecule has 1 fully saturated rings. The van der Waals surface area contributed by atoms with Crippen LogP contribution in [0.25, 0.3) is 0 Å². The highest BCUT2D eigenvalue weighted by Crippen LogP contribution is 2.31. The minimum Gasteiger partial charge on any atom is -0.445 e. The summed E-state index contributed by atoms with van der Waals surface area (Å²) in [6.45, 7) is 2.55. The van der Waals surface area contributed by atoms with Crippen LogP contribution in [0.4, 0.5) is 18.0 Å². The second-order valence-electron chi connectivity index (χ2n) is 7.29. The Bertz CT molecular complexity index is 788. The number of alkyl halides is 3. The van der Waals surface area contributed by atoms with E-state index in [4.69, 9.17) is 4.74 Å². The van der Waals surface area contributed by atoms with Crippen molar-refractivity contribution >= 4 is 6.09 Å². The van der Waals surface area contributed by atoms with Gasteiger partial charge in [-0.1, -0.05) is 42.5 Å². The van der Waals surface area contributed by atoms with Crippen LogP contribution in [0.2, 0.25) is 0 Å². The van der Waals surface area contributed by atoms with Gasteiger partial charge < -0.3 is 14.5 Å². The number of ether oxygens (including phenoxy) is 1. The summed E-state index contributed by atoms with van der Waals surface area (Å²) < 4.78 is 44.1. The summed E-state index contributed by atoms with van der Waals surface area (Å²) in [7, 11) is 1.63. The van der Waals surface area contributed by atoms with Gasteiger partial charge >= 0.3 is 12.3 Å². The molecule has 0 bridgehead atoms. The van der Waals surface area contributed by atoms with Crippen molar-refractivity contribution in [3.63, 3.8) is 0 Å². The summed E-state index contributed by atoms with van der Waals surface area (Å²) in [4.78, 5) is 16.3. The average Bonchev–Trinajstić information content (AvgIpc) is 3.23. The van der Waals surface area contributed by atoms with E-state index in [-0.39, 0.29) is 6.61 Å². The number of nitrogens with zero attached hydrogens (tertiary/aromatic N) is 2. The van der Waals surface area contributed by atoms with E-state index >= 15 is 0 Å². The first-order valence-corrected chi connectivity index (χ1v) is 9.67. The van der Waals surface area contributed by atoms with Crippen LogP contribution >= 0.6 is 0 Å². The van der Waals surface area contributed by atoms with E-state index in [9.17, 15) is 18.0 Å². The summed E-state index contributed by atoms with van der Waals surface area (Å²) in [5.74, 6) is 0. The lowest BCUT2D eigenvalue weighted by atomic mass is 10.0. The zero-order valence-electron chi connectivity index (χ0n) is 16.4. The summed E-state index contributed by atoms with van der Waals surface area (Å²) in [6, 6.07) is 14.0. The average molecular weight is 406 g/mol. The summed E-state index contributed by atoms with van der Waals surface area (Å²) >= 11 is 0. The molecule has 1 atom stereocenters. The largest absolute Gasteiger partial charge is 0.445 e. The third-order valence-corrected chi connectivity index (χ3v) is 5.21. The molecule has 2 aromatic carbocycles. The smallest absolute Gasteiger partial charge is 0.416 e. The fourth-order valence-corrected chi connectivity index (χ4v) is 3.50. The maximum atomic E-state index is 12.9. The normalized spacial score (nSPS) is 15.9. The molecular formula is C22H25F3N2O2. The highest BCUT2D eigenvalue weighted by atomic mass is 19.4. The van der Waals surface area contributed by atoms with Crippen molar-refractivity contribution < 1.29 is 22.7 Å². The van der Waals surface area contributed by atoms with Gasteiger partial charge in [0.05, 0.1) is 11.6 Å².